The van der Waals surface area contributed by atoms with E-state index in [2.05, 4.69) is 19.9 Å². The first kappa shape index (κ1) is 20.5. The third kappa shape index (κ3) is 3.20. The first-order chi connectivity index (χ1) is 14.8. The maximum Gasteiger partial charge on any atom is 0.266 e. The first-order valence-corrected chi connectivity index (χ1v) is 9.21. The number of aromatic nitrogens is 3. The number of hydrogen-bond donors (Lipinski definition) is 1. The molecule has 0 radical (unpaired) electrons. The second-order valence-corrected chi connectivity index (χ2v) is 7.05. The molecule has 2 aromatic heterocycles. The predicted molar refractivity (Wildman–Crippen MR) is 106 cm³/mol. The maximum atomic E-state index is 14.7. The predicted octanol–water partition coefficient (Wildman–Crippen LogP) is 2.63. The summed E-state index contributed by atoms with van der Waals surface area (Å²) in [5, 5.41) is 0. The number of nitrogens with two attached hydrogens (primary N) is 1. The fourth-order valence-corrected chi connectivity index (χ4v) is 3.50. The van der Waals surface area contributed by atoms with Gasteiger partial charge in [-0.05, 0) is 42.3 Å². The number of guanidine groups is 1. The van der Waals surface area contributed by atoms with Gasteiger partial charge in [0.05, 0.1) is 5.69 Å². The molecule has 1 aliphatic heterocycles. The zero-order valence-corrected chi connectivity index (χ0v) is 16.6. The molecule has 7 nitrogen and oxygen atoms in total. The number of pyridine rings is 1. The number of halogens is 3. The number of rotatable bonds is 4. The highest BCUT2D eigenvalue weighted by molar-refractivity contribution is 6.09. The van der Waals surface area contributed by atoms with Gasteiger partial charge < -0.3 is 5.73 Å². The summed E-state index contributed by atoms with van der Waals surface area (Å²) in [5.41, 5.74) is 4.44. The van der Waals surface area contributed by atoms with Crippen molar-refractivity contribution in [2.75, 3.05) is 7.05 Å². The lowest BCUT2D eigenvalue weighted by Crippen LogP contribution is -2.41. The Balaban J connectivity index is 2.01. The van der Waals surface area contributed by atoms with Crippen molar-refractivity contribution in [3.8, 4) is 11.1 Å². The van der Waals surface area contributed by atoms with Gasteiger partial charge in [-0.2, -0.15) is 0 Å². The van der Waals surface area contributed by atoms with E-state index in [1.165, 1.54) is 43.8 Å². The minimum absolute atomic E-state index is 0.0234. The second-order valence-electron chi connectivity index (χ2n) is 7.05. The molecular formula is C21H17F3N6O. The highest BCUT2D eigenvalue weighted by Crippen LogP contribution is 2.41. The maximum absolute atomic E-state index is 14.7. The van der Waals surface area contributed by atoms with Crippen molar-refractivity contribution in [3.05, 3.63) is 77.1 Å². The number of likely N-dealkylation sites (N-methyl/N-ethyl adjacent to an activating group) is 1. The normalized spacial score (nSPS) is 18.4. The first-order valence-electron chi connectivity index (χ1n) is 9.21. The lowest BCUT2D eigenvalue weighted by Gasteiger charge is -2.27. The van der Waals surface area contributed by atoms with Gasteiger partial charge in [0.15, 0.2) is 23.1 Å². The van der Waals surface area contributed by atoms with Gasteiger partial charge in [-0.3, -0.25) is 14.7 Å². The summed E-state index contributed by atoms with van der Waals surface area (Å²) >= 11 is 0. The van der Waals surface area contributed by atoms with Gasteiger partial charge in [0, 0.05) is 36.8 Å². The summed E-state index contributed by atoms with van der Waals surface area (Å²) in [4.78, 5) is 30.7. The molecule has 3 heterocycles. The minimum atomic E-state index is -1.83. The molecule has 3 aromatic rings. The Kier molecular flexibility index (Phi) is 4.92. The van der Waals surface area contributed by atoms with Crippen molar-refractivity contribution < 1.29 is 18.0 Å². The van der Waals surface area contributed by atoms with E-state index in [-0.39, 0.29) is 33.9 Å². The molecular weight excluding hydrogens is 409 g/mol. The molecule has 2 N–H and O–H groups in total. The Morgan fingerprint density at radius 1 is 1.10 bits per heavy atom. The summed E-state index contributed by atoms with van der Waals surface area (Å²) in [6.07, 6.45) is 4.02. The molecule has 0 spiro atoms. The van der Waals surface area contributed by atoms with Crippen LogP contribution in [0.2, 0.25) is 0 Å². The molecule has 1 aliphatic rings. The van der Waals surface area contributed by atoms with Crippen molar-refractivity contribution in [1.82, 2.24) is 19.9 Å². The molecule has 0 aliphatic carbocycles. The SMILES string of the molecule is Cc1ncc(-c2cc(C3(c4ccnc(CF)c4)N=C(N)N(C)C3=O)cc(F)c2F)cn1. The fraction of sp³-hybridized carbons (Fsp3) is 0.190. The Hall–Kier alpha value is -3.82. The average molecular weight is 426 g/mol. The summed E-state index contributed by atoms with van der Waals surface area (Å²) < 4.78 is 42.7. The smallest absolute Gasteiger partial charge is 0.266 e. The summed E-state index contributed by atoms with van der Waals surface area (Å²) in [7, 11) is 1.41. The number of carbonyl (C=O) groups is 1. The van der Waals surface area contributed by atoms with Gasteiger partial charge in [0.2, 0.25) is 0 Å². The number of alkyl halides is 1. The largest absolute Gasteiger partial charge is 0.369 e. The van der Waals surface area contributed by atoms with Gasteiger partial charge in [0.25, 0.3) is 5.91 Å². The molecule has 31 heavy (non-hydrogen) atoms. The Morgan fingerprint density at radius 2 is 1.81 bits per heavy atom. The summed E-state index contributed by atoms with van der Waals surface area (Å²) in [5.74, 6) is -2.57. The molecule has 1 unspecified atom stereocenters. The van der Waals surface area contributed by atoms with Crippen molar-refractivity contribution in [1.29, 1.82) is 0 Å². The topological polar surface area (TPSA) is 97.4 Å². The molecule has 0 saturated carbocycles. The molecule has 1 atom stereocenters. The van der Waals surface area contributed by atoms with Gasteiger partial charge in [0.1, 0.15) is 12.5 Å². The summed E-state index contributed by atoms with van der Waals surface area (Å²) in [6, 6.07) is 5.00. The van der Waals surface area contributed by atoms with E-state index in [0.717, 1.165) is 11.0 Å². The van der Waals surface area contributed by atoms with Crippen molar-refractivity contribution in [2.45, 2.75) is 19.1 Å². The average Bonchev–Trinajstić information content (AvgIpc) is 3.01. The molecule has 158 valence electrons. The highest BCUT2D eigenvalue weighted by atomic mass is 19.2. The van der Waals surface area contributed by atoms with Gasteiger partial charge in [-0.25, -0.2) is 28.1 Å². The van der Waals surface area contributed by atoms with Crippen LogP contribution in [-0.2, 0) is 17.0 Å². The molecule has 0 bridgehead atoms. The number of benzene rings is 1. The van der Waals surface area contributed by atoms with E-state index < -0.39 is 29.8 Å². The Morgan fingerprint density at radius 3 is 2.42 bits per heavy atom. The van der Waals surface area contributed by atoms with Crippen molar-refractivity contribution in [2.24, 2.45) is 10.7 Å². The van der Waals surface area contributed by atoms with E-state index in [9.17, 15) is 18.0 Å². The van der Waals surface area contributed by atoms with Crippen LogP contribution in [0.1, 0.15) is 22.6 Å². The van der Waals surface area contributed by atoms with Gasteiger partial charge >= 0.3 is 0 Å². The second kappa shape index (κ2) is 7.46. The molecule has 1 aromatic carbocycles. The fourth-order valence-electron chi connectivity index (χ4n) is 3.50. The number of aryl methyl sites for hydroxylation is 1. The van der Waals surface area contributed by atoms with E-state index in [1.807, 2.05) is 0 Å². The number of amides is 1. The molecule has 10 heteroatoms. The van der Waals surface area contributed by atoms with Crippen LogP contribution < -0.4 is 5.73 Å². The minimum Gasteiger partial charge on any atom is -0.369 e. The monoisotopic (exact) mass is 426 g/mol. The van der Waals surface area contributed by atoms with Gasteiger partial charge in [-0.1, -0.05) is 0 Å². The van der Waals surface area contributed by atoms with Crippen LogP contribution in [0.3, 0.4) is 0 Å². The number of nitrogens with zero attached hydrogens (tertiary/aromatic N) is 5. The zero-order chi connectivity index (χ0) is 22.3. The Labute approximate surface area is 175 Å². The van der Waals surface area contributed by atoms with Crippen LogP contribution in [0.15, 0.2) is 47.8 Å². The number of aliphatic imine (C=N–C) groups is 1. The standard InChI is InChI=1S/C21H17F3N6O/c1-11-27-9-12(10-28-11)16-6-14(7-17(23)18(16)24)21(19(31)30(2)20(25)29-21)13-3-4-26-15(5-13)8-22/h3-7,9-10H,8H2,1-2H3,(H2,25,29). The molecule has 0 fully saturated rings. The van der Waals surface area contributed by atoms with Crippen LogP contribution in [0.4, 0.5) is 13.2 Å². The Bertz CT molecular complexity index is 1210. The quantitative estimate of drug-likeness (QED) is 0.692. The molecule has 4 rings (SSSR count). The van der Waals surface area contributed by atoms with Crippen LogP contribution in [0, 0.1) is 18.6 Å². The zero-order valence-electron chi connectivity index (χ0n) is 16.6. The third-order valence-electron chi connectivity index (χ3n) is 5.15. The highest BCUT2D eigenvalue weighted by Gasteiger charge is 2.50. The van der Waals surface area contributed by atoms with E-state index >= 15 is 0 Å². The van der Waals surface area contributed by atoms with E-state index in [0.29, 0.717) is 5.82 Å². The number of hydrogen-bond acceptors (Lipinski definition) is 6. The molecule has 1 amide bonds. The van der Waals surface area contributed by atoms with Gasteiger partial charge in [-0.15, -0.1) is 0 Å². The van der Waals surface area contributed by atoms with Crippen LogP contribution in [0.5, 0.6) is 0 Å². The third-order valence-corrected chi connectivity index (χ3v) is 5.15. The lowest BCUT2D eigenvalue weighted by molar-refractivity contribution is -0.129. The van der Waals surface area contributed by atoms with E-state index in [1.54, 1.807) is 6.92 Å². The van der Waals surface area contributed by atoms with Crippen molar-refractivity contribution >= 4 is 11.9 Å². The van der Waals surface area contributed by atoms with E-state index in [4.69, 9.17) is 5.73 Å². The summed E-state index contributed by atoms with van der Waals surface area (Å²) in [6.45, 7) is 0.777. The van der Waals surface area contributed by atoms with Crippen LogP contribution >= 0.6 is 0 Å². The van der Waals surface area contributed by atoms with Crippen LogP contribution in [-0.4, -0.2) is 38.8 Å². The van der Waals surface area contributed by atoms with Crippen LogP contribution in [0.25, 0.3) is 11.1 Å². The lowest BCUT2D eigenvalue weighted by atomic mass is 9.81. The number of carbonyl (C=O) groups excluding carboxylic acids is 1. The van der Waals surface area contributed by atoms with Crippen molar-refractivity contribution in [3.63, 3.8) is 0 Å². The molecule has 0 saturated heterocycles.